The molecule has 0 saturated carbocycles. The monoisotopic (exact) mass is 1070 g/mol. The molecule has 0 radical (unpaired) electrons. The number of pyridine rings is 1. The SMILES string of the molecule is Cc1cccc(-c2ccccc2)c1-c1n[n+](-c2cc(C(C)(C)C)cc(C(C)(C)C)c2)[c-]n1-c1[c-]c(Oc2[c-]c3c(cc2)c2ccccc2n3-c2cc(C(C)(C)c3ccccc3)ccn2)ccc1.[Pt]. The van der Waals surface area contributed by atoms with E-state index in [2.05, 4.69) is 219 Å². The zero-order valence-electron chi connectivity index (χ0n) is 40.1. The molecule has 342 valence electrons. The van der Waals surface area contributed by atoms with E-state index in [4.69, 9.17) is 14.8 Å². The topological polar surface area (TPSA) is 48.8 Å². The summed E-state index contributed by atoms with van der Waals surface area (Å²) in [5, 5.41) is 7.60. The molecule has 0 atom stereocenters. The van der Waals surface area contributed by atoms with E-state index >= 15 is 0 Å². The summed E-state index contributed by atoms with van der Waals surface area (Å²) in [6.07, 6.45) is 5.58. The molecule has 0 fully saturated rings. The van der Waals surface area contributed by atoms with Crippen LogP contribution in [0.5, 0.6) is 11.5 Å². The molecule has 7 heteroatoms. The Morgan fingerprint density at radius 2 is 1.24 bits per heavy atom. The van der Waals surface area contributed by atoms with Gasteiger partial charge in [-0.1, -0.05) is 182 Å². The predicted octanol–water partition coefficient (Wildman–Crippen LogP) is 14.4. The Bertz CT molecular complexity index is 3410. The molecule has 3 heterocycles. The van der Waals surface area contributed by atoms with Crippen LogP contribution >= 0.6 is 0 Å². The normalized spacial score (nSPS) is 12.1. The van der Waals surface area contributed by atoms with E-state index in [1.807, 2.05) is 45.8 Å². The summed E-state index contributed by atoms with van der Waals surface area (Å²) >= 11 is 0. The second kappa shape index (κ2) is 18.0. The molecule has 0 unspecified atom stereocenters. The van der Waals surface area contributed by atoms with E-state index in [9.17, 15) is 0 Å². The van der Waals surface area contributed by atoms with Crippen LogP contribution in [0.15, 0.2) is 170 Å². The quantitative estimate of drug-likeness (QED) is 0.107. The van der Waals surface area contributed by atoms with Gasteiger partial charge in [0.2, 0.25) is 0 Å². The number of nitrogens with zero attached hydrogens (tertiary/aromatic N) is 5. The van der Waals surface area contributed by atoms with Crippen molar-refractivity contribution >= 4 is 21.8 Å². The molecule has 10 aromatic rings. The van der Waals surface area contributed by atoms with Crippen LogP contribution in [0, 0.1) is 25.4 Å². The molecule has 0 bridgehead atoms. The van der Waals surface area contributed by atoms with Crippen molar-refractivity contribution in [1.29, 1.82) is 0 Å². The second-order valence-corrected chi connectivity index (χ2v) is 20.1. The number of rotatable bonds is 9. The average Bonchev–Trinajstić information content (AvgIpc) is 3.91. The van der Waals surface area contributed by atoms with Crippen molar-refractivity contribution < 1.29 is 30.5 Å². The van der Waals surface area contributed by atoms with E-state index in [1.165, 1.54) is 22.3 Å². The van der Waals surface area contributed by atoms with Crippen LogP contribution in [-0.4, -0.2) is 19.2 Å². The predicted molar refractivity (Wildman–Crippen MR) is 272 cm³/mol. The van der Waals surface area contributed by atoms with Gasteiger partial charge >= 0.3 is 0 Å². The molecular formula is C61H55N5OPt-2. The Morgan fingerprint density at radius 3 is 1.96 bits per heavy atom. The van der Waals surface area contributed by atoms with Crippen molar-refractivity contribution in [2.24, 2.45) is 0 Å². The van der Waals surface area contributed by atoms with Gasteiger partial charge in [-0.05, 0) is 80.3 Å². The molecule has 0 N–H and O–H groups in total. The molecule has 6 nitrogen and oxygen atoms in total. The van der Waals surface area contributed by atoms with Crippen LogP contribution in [-0.2, 0) is 37.3 Å². The van der Waals surface area contributed by atoms with Crippen molar-refractivity contribution in [3.05, 3.63) is 216 Å². The van der Waals surface area contributed by atoms with E-state index < -0.39 is 0 Å². The first kappa shape index (κ1) is 46.2. The second-order valence-electron chi connectivity index (χ2n) is 20.1. The summed E-state index contributed by atoms with van der Waals surface area (Å²) < 4.78 is 12.8. The zero-order valence-corrected chi connectivity index (χ0v) is 42.4. The van der Waals surface area contributed by atoms with Crippen LogP contribution in [0.4, 0.5) is 0 Å². The molecule has 0 aliphatic heterocycles. The van der Waals surface area contributed by atoms with Gasteiger partial charge < -0.3 is 13.9 Å². The van der Waals surface area contributed by atoms with Crippen molar-refractivity contribution in [3.8, 4) is 51.2 Å². The third-order valence-electron chi connectivity index (χ3n) is 13.0. The molecule has 7 aromatic carbocycles. The number of hydrogen-bond donors (Lipinski definition) is 0. The van der Waals surface area contributed by atoms with Crippen molar-refractivity contribution in [3.63, 3.8) is 0 Å². The number of hydrogen-bond acceptors (Lipinski definition) is 3. The van der Waals surface area contributed by atoms with Crippen molar-refractivity contribution in [1.82, 2.24) is 19.2 Å². The summed E-state index contributed by atoms with van der Waals surface area (Å²) in [6.45, 7) is 20.2. The Balaban J connectivity index is 0.00000578. The van der Waals surface area contributed by atoms with Crippen LogP contribution in [0.25, 0.3) is 61.5 Å². The summed E-state index contributed by atoms with van der Waals surface area (Å²) in [7, 11) is 0. The third kappa shape index (κ3) is 8.74. The van der Waals surface area contributed by atoms with Crippen LogP contribution in [0.1, 0.15) is 83.2 Å². The molecule has 3 aromatic heterocycles. The number of aromatic nitrogens is 5. The zero-order chi connectivity index (χ0) is 46.7. The van der Waals surface area contributed by atoms with Gasteiger partial charge in [-0.2, -0.15) is 22.9 Å². The molecular weight excluding hydrogens is 1010 g/mol. The van der Waals surface area contributed by atoms with E-state index in [1.54, 1.807) is 0 Å². The Hall–Kier alpha value is -6.88. The summed E-state index contributed by atoms with van der Waals surface area (Å²) in [5.41, 5.74) is 12.4. The average molecular weight is 1070 g/mol. The molecule has 0 saturated heterocycles. The molecule has 0 spiro atoms. The van der Waals surface area contributed by atoms with Gasteiger partial charge in [0.15, 0.2) is 5.82 Å². The fourth-order valence-corrected chi connectivity index (χ4v) is 9.04. The first-order valence-corrected chi connectivity index (χ1v) is 23.1. The largest absolute Gasteiger partial charge is 0.510 e. The number of benzene rings is 7. The third-order valence-corrected chi connectivity index (χ3v) is 13.0. The Morgan fingerprint density at radius 1 is 0.574 bits per heavy atom. The Labute approximate surface area is 415 Å². The van der Waals surface area contributed by atoms with Gasteiger partial charge in [0, 0.05) is 55.3 Å². The molecule has 0 amide bonds. The fraction of sp³-hybridized carbons (Fsp3) is 0.197. The van der Waals surface area contributed by atoms with Gasteiger partial charge in [-0.25, -0.2) is 4.98 Å². The van der Waals surface area contributed by atoms with Crippen molar-refractivity contribution in [2.45, 2.75) is 78.6 Å². The van der Waals surface area contributed by atoms with Gasteiger partial charge in [-0.3, -0.25) is 0 Å². The fourth-order valence-electron chi connectivity index (χ4n) is 9.04. The number of para-hydroxylation sites is 1. The number of aryl methyl sites for hydroxylation is 1. The minimum Gasteiger partial charge on any atom is -0.510 e. The molecule has 0 aliphatic rings. The molecule has 10 rings (SSSR count). The van der Waals surface area contributed by atoms with Gasteiger partial charge in [-0.15, -0.1) is 34.8 Å². The minimum atomic E-state index is -0.240. The van der Waals surface area contributed by atoms with Crippen LogP contribution in [0.2, 0.25) is 0 Å². The smallest absolute Gasteiger partial charge is 0.272 e. The van der Waals surface area contributed by atoms with Gasteiger partial charge in [0.1, 0.15) is 5.82 Å². The van der Waals surface area contributed by atoms with E-state index in [0.717, 1.165) is 67.1 Å². The Kier molecular flexibility index (Phi) is 12.2. The van der Waals surface area contributed by atoms with Gasteiger partial charge in [0.25, 0.3) is 6.33 Å². The number of ether oxygens (including phenoxy) is 1. The molecule has 68 heavy (non-hydrogen) atoms. The minimum absolute atomic E-state index is 0. The van der Waals surface area contributed by atoms with Gasteiger partial charge in [0.05, 0.1) is 5.69 Å². The van der Waals surface area contributed by atoms with Crippen LogP contribution < -0.4 is 9.42 Å². The first-order chi connectivity index (χ1) is 32.1. The molecule has 0 aliphatic carbocycles. The summed E-state index contributed by atoms with van der Waals surface area (Å²) in [5.74, 6) is 2.67. The maximum Gasteiger partial charge on any atom is 0.272 e. The summed E-state index contributed by atoms with van der Waals surface area (Å²) in [4.78, 5) is 4.95. The number of fused-ring (bicyclic) bond motifs is 3. The standard InChI is InChI=1S/C61H55N5O.Pt/c1-41-20-18-28-51(42-21-12-10-13-22-42)57(41)58-63-65(48-35-45(59(2,3)4)34-46(36-48)60(5,6)7)40-64(58)47-25-19-26-49(38-47)67-50-30-31-53-52-27-16-17-29-54(52)66(55(53)39-50)56-37-44(32-33-62-56)61(8,9)43-23-14-11-15-24-43;/h10-37H,1-9H3;/q-2;. The van der Waals surface area contributed by atoms with Crippen LogP contribution in [0.3, 0.4) is 0 Å². The maximum absolute atomic E-state index is 6.73. The first-order valence-electron chi connectivity index (χ1n) is 23.1. The van der Waals surface area contributed by atoms with E-state index in [-0.39, 0.29) is 37.3 Å². The van der Waals surface area contributed by atoms with Crippen molar-refractivity contribution in [2.75, 3.05) is 0 Å². The summed E-state index contributed by atoms with van der Waals surface area (Å²) in [6, 6.07) is 64.5. The van der Waals surface area contributed by atoms with E-state index in [0.29, 0.717) is 11.5 Å². The maximum atomic E-state index is 6.73.